The van der Waals surface area contributed by atoms with Gasteiger partial charge in [0.25, 0.3) is 0 Å². The number of pyridine rings is 1. The lowest BCUT2D eigenvalue weighted by atomic mass is 9.82. The van der Waals surface area contributed by atoms with Crippen molar-refractivity contribution in [2.45, 2.75) is 58.4 Å². The van der Waals surface area contributed by atoms with Crippen LogP contribution in [-0.4, -0.2) is 26.7 Å². The molecule has 136 valence electrons. The SMILES string of the molecule is CC(C)(C)OC(=O)N[C@](S)(Cc1cc(O)c(Cl)nc1I)C(C)(C)C. The number of nitrogens with zero attached hydrogens (tertiary/aromatic N) is 1. The normalized spacial score (nSPS) is 14.9. The molecule has 0 aliphatic heterocycles. The highest BCUT2D eigenvalue weighted by atomic mass is 127. The van der Waals surface area contributed by atoms with E-state index in [1.807, 2.05) is 43.4 Å². The molecule has 1 rings (SSSR count). The molecule has 5 nitrogen and oxygen atoms in total. The molecule has 0 aliphatic rings. The van der Waals surface area contributed by atoms with E-state index in [2.05, 4.69) is 10.3 Å². The number of hydrogen-bond donors (Lipinski definition) is 3. The fourth-order valence-electron chi connectivity index (χ4n) is 1.87. The van der Waals surface area contributed by atoms with Gasteiger partial charge >= 0.3 is 6.09 Å². The minimum absolute atomic E-state index is 0.0452. The van der Waals surface area contributed by atoms with E-state index in [0.29, 0.717) is 10.1 Å². The number of alkyl carbamates (subject to hydrolysis) is 1. The highest BCUT2D eigenvalue weighted by molar-refractivity contribution is 14.1. The fourth-order valence-corrected chi connectivity index (χ4v) is 3.00. The second-order valence-electron chi connectivity index (χ2n) is 7.66. The average Bonchev–Trinajstić information content (AvgIpc) is 2.31. The number of carbonyl (C=O) groups is 1. The van der Waals surface area contributed by atoms with Gasteiger partial charge in [-0.1, -0.05) is 32.4 Å². The Hall–Kier alpha value is -0.410. The first kappa shape index (κ1) is 21.6. The zero-order valence-corrected chi connectivity index (χ0v) is 18.5. The molecule has 1 heterocycles. The summed E-state index contributed by atoms with van der Waals surface area (Å²) >= 11 is 12.6. The molecule has 0 spiro atoms. The zero-order valence-electron chi connectivity index (χ0n) is 14.7. The Morgan fingerprint density at radius 3 is 2.38 bits per heavy atom. The van der Waals surface area contributed by atoms with Crippen LogP contribution in [0.4, 0.5) is 4.79 Å². The van der Waals surface area contributed by atoms with E-state index < -0.39 is 22.0 Å². The van der Waals surface area contributed by atoms with Gasteiger partial charge in [-0.15, -0.1) is 0 Å². The number of carbonyl (C=O) groups excluding carboxylic acids is 1. The number of aromatic hydroxyl groups is 1. The second kappa shape index (κ2) is 7.45. The van der Waals surface area contributed by atoms with Crippen molar-refractivity contribution in [3.8, 4) is 5.75 Å². The number of nitrogens with one attached hydrogen (secondary N) is 1. The molecule has 1 aromatic heterocycles. The lowest BCUT2D eigenvalue weighted by molar-refractivity contribution is 0.0442. The van der Waals surface area contributed by atoms with Gasteiger partial charge in [0.05, 0.1) is 4.87 Å². The number of halogens is 2. The van der Waals surface area contributed by atoms with Crippen LogP contribution in [0.25, 0.3) is 0 Å². The minimum atomic E-state index is -0.919. The summed E-state index contributed by atoms with van der Waals surface area (Å²) in [5.41, 5.74) is -0.269. The van der Waals surface area contributed by atoms with Gasteiger partial charge in [0.1, 0.15) is 9.30 Å². The molecule has 1 aromatic rings. The van der Waals surface area contributed by atoms with Crippen LogP contribution in [0.5, 0.6) is 5.75 Å². The highest BCUT2D eigenvalue weighted by Gasteiger charge is 2.42. The van der Waals surface area contributed by atoms with Crippen molar-refractivity contribution in [1.82, 2.24) is 10.3 Å². The van der Waals surface area contributed by atoms with Crippen molar-refractivity contribution in [3.05, 3.63) is 20.5 Å². The third-order valence-corrected chi connectivity index (χ3v) is 5.53. The molecule has 0 aliphatic carbocycles. The monoisotopic (exact) mass is 486 g/mol. The number of hydrogen-bond acceptors (Lipinski definition) is 5. The van der Waals surface area contributed by atoms with Crippen LogP contribution in [0.1, 0.15) is 47.1 Å². The summed E-state index contributed by atoms with van der Waals surface area (Å²) in [7, 11) is 0. The van der Waals surface area contributed by atoms with Gasteiger partial charge in [0.15, 0.2) is 10.9 Å². The van der Waals surface area contributed by atoms with Crippen molar-refractivity contribution in [1.29, 1.82) is 0 Å². The van der Waals surface area contributed by atoms with Crippen molar-refractivity contribution in [2.75, 3.05) is 0 Å². The molecule has 8 heteroatoms. The summed E-state index contributed by atoms with van der Waals surface area (Å²) in [6.45, 7) is 11.3. The molecular formula is C16H24ClIN2O3S. The van der Waals surface area contributed by atoms with Crippen LogP contribution in [0, 0.1) is 9.12 Å². The van der Waals surface area contributed by atoms with E-state index in [-0.39, 0.29) is 10.9 Å². The van der Waals surface area contributed by atoms with E-state index in [1.165, 1.54) is 0 Å². The van der Waals surface area contributed by atoms with Gasteiger partial charge < -0.3 is 15.2 Å². The first-order valence-corrected chi connectivity index (χ1v) is 9.32. The summed E-state index contributed by atoms with van der Waals surface area (Å²) in [5, 5.41) is 12.7. The van der Waals surface area contributed by atoms with Crippen molar-refractivity contribution >= 4 is 52.9 Å². The van der Waals surface area contributed by atoms with E-state index in [0.717, 1.165) is 5.56 Å². The number of ether oxygens (including phenoxy) is 1. The third-order valence-electron chi connectivity index (χ3n) is 3.38. The van der Waals surface area contributed by atoms with Crippen LogP contribution >= 0.6 is 46.8 Å². The first-order chi connectivity index (χ1) is 10.6. The average molecular weight is 487 g/mol. The maximum atomic E-state index is 12.2. The van der Waals surface area contributed by atoms with Gasteiger partial charge in [-0.25, -0.2) is 9.78 Å². The Labute approximate surface area is 167 Å². The highest BCUT2D eigenvalue weighted by Crippen LogP contribution is 2.38. The van der Waals surface area contributed by atoms with E-state index >= 15 is 0 Å². The molecule has 0 unspecified atom stereocenters. The first-order valence-electron chi connectivity index (χ1n) is 7.42. The minimum Gasteiger partial charge on any atom is -0.505 e. The number of thiol groups is 1. The molecule has 1 amide bonds. The smallest absolute Gasteiger partial charge is 0.408 e. The molecule has 0 fully saturated rings. The summed E-state index contributed by atoms with van der Waals surface area (Å²) < 4.78 is 6.00. The van der Waals surface area contributed by atoms with E-state index in [9.17, 15) is 9.90 Å². The standard InChI is InChI=1S/C16H24ClIN2O3S/c1-14(2,3)16(24,20-13(22)23-15(4,5)6)8-9-7-10(21)11(17)19-12(9)18/h7,21,24H,8H2,1-6H3,(H,20,22)/t16-/m0/s1. The molecule has 0 saturated heterocycles. The van der Waals surface area contributed by atoms with Crippen LogP contribution in [0.2, 0.25) is 5.15 Å². The van der Waals surface area contributed by atoms with Gasteiger partial charge in [0, 0.05) is 6.42 Å². The van der Waals surface area contributed by atoms with Gasteiger partial charge in [-0.05, 0) is 60.4 Å². The maximum Gasteiger partial charge on any atom is 0.408 e. The molecule has 0 saturated carbocycles. The Kier molecular flexibility index (Phi) is 6.72. The molecule has 1 atom stereocenters. The number of aromatic nitrogens is 1. The fraction of sp³-hybridized carbons (Fsp3) is 0.625. The number of rotatable bonds is 3. The predicted octanol–water partition coefficient (Wildman–Crippen LogP) is 4.78. The molecule has 24 heavy (non-hydrogen) atoms. The lowest BCUT2D eigenvalue weighted by Crippen LogP contribution is -2.55. The van der Waals surface area contributed by atoms with Gasteiger partial charge in [-0.2, -0.15) is 12.6 Å². The van der Waals surface area contributed by atoms with Crippen LogP contribution in [0.15, 0.2) is 6.07 Å². The Balaban J connectivity index is 3.14. The Bertz CT molecular complexity index is 629. The molecule has 0 bridgehead atoms. The molecular weight excluding hydrogens is 463 g/mol. The number of amides is 1. The Morgan fingerprint density at radius 2 is 1.92 bits per heavy atom. The summed E-state index contributed by atoms with van der Waals surface area (Å²) in [6, 6.07) is 1.55. The van der Waals surface area contributed by atoms with Crippen LogP contribution in [-0.2, 0) is 11.2 Å². The van der Waals surface area contributed by atoms with Crippen LogP contribution < -0.4 is 5.32 Å². The predicted molar refractivity (Wildman–Crippen MR) is 108 cm³/mol. The Morgan fingerprint density at radius 1 is 1.38 bits per heavy atom. The maximum absolute atomic E-state index is 12.2. The largest absolute Gasteiger partial charge is 0.505 e. The lowest BCUT2D eigenvalue weighted by Gasteiger charge is -2.42. The summed E-state index contributed by atoms with van der Waals surface area (Å²) in [5.74, 6) is -0.103. The van der Waals surface area contributed by atoms with Crippen LogP contribution in [0.3, 0.4) is 0 Å². The van der Waals surface area contributed by atoms with Crippen molar-refractivity contribution in [2.24, 2.45) is 5.41 Å². The zero-order chi connectivity index (χ0) is 18.9. The van der Waals surface area contributed by atoms with E-state index in [1.54, 1.807) is 26.8 Å². The molecule has 0 aromatic carbocycles. The third kappa shape index (κ3) is 5.84. The van der Waals surface area contributed by atoms with Gasteiger partial charge in [0.2, 0.25) is 0 Å². The van der Waals surface area contributed by atoms with Gasteiger partial charge in [-0.3, -0.25) is 0 Å². The van der Waals surface area contributed by atoms with Crippen molar-refractivity contribution in [3.63, 3.8) is 0 Å². The van der Waals surface area contributed by atoms with Crippen molar-refractivity contribution < 1.29 is 14.6 Å². The summed E-state index contributed by atoms with van der Waals surface area (Å²) in [4.78, 5) is 15.4. The van der Waals surface area contributed by atoms with E-state index in [4.69, 9.17) is 29.0 Å². The quantitative estimate of drug-likeness (QED) is 0.249. The summed E-state index contributed by atoms with van der Waals surface area (Å²) in [6.07, 6.45) is -0.205. The molecule has 2 N–H and O–H groups in total. The molecule has 0 radical (unpaired) electrons. The second-order valence-corrected chi connectivity index (χ2v) is 9.81. The topological polar surface area (TPSA) is 71.5 Å².